The molecule has 1 aliphatic rings. The van der Waals surface area contributed by atoms with E-state index >= 15 is 0 Å². The predicted molar refractivity (Wildman–Crippen MR) is 88.6 cm³/mol. The molecule has 2 unspecified atom stereocenters. The third-order valence-electron chi connectivity index (χ3n) is 4.71. The van der Waals surface area contributed by atoms with E-state index in [1.165, 1.54) is 12.1 Å². The van der Waals surface area contributed by atoms with Crippen LogP contribution in [0.3, 0.4) is 0 Å². The molecule has 5 nitrogen and oxygen atoms in total. The van der Waals surface area contributed by atoms with Crippen LogP contribution in [-0.2, 0) is 6.42 Å². The molecule has 1 N–H and O–H groups in total. The number of nitrogens with zero attached hydrogens (tertiary/aromatic N) is 3. The zero-order valence-electron chi connectivity index (χ0n) is 13.9. The number of aliphatic hydroxyl groups is 1. The van der Waals surface area contributed by atoms with E-state index in [-0.39, 0.29) is 17.6 Å². The first-order chi connectivity index (χ1) is 11.5. The van der Waals surface area contributed by atoms with Gasteiger partial charge in [-0.3, -0.25) is 4.79 Å². The molecule has 1 aromatic heterocycles. The van der Waals surface area contributed by atoms with E-state index in [1.807, 2.05) is 13.8 Å². The Morgan fingerprint density at radius 2 is 2.08 bits per heavy atom. The SMILES string of the molecule is CCc1c(C(=O)N2CCC(C)C(O)C2)cnn1-c1ccc(F)cc1. The summed E-state index contributed by atoms with van der Waals surface area (Å²) in [6.07, 6.45) is 2.50. The average Bonchev–Trinajstić information content (AvgIpc) is 3.01. The van der Waals surface area contributed by atoms with Crippen molar-refractivity contribution in [2.75, 3.05) is 13.1 Å². The largest absolute Gasteiger partial charge is 0.391 e. The van der Waals surface area contributed by atoms with Crippen molar-refractivity contribution < 1.29 is 14.3 Å². The summed E-state index contributed by atoms with van der Waals surface area (Å²) in [7, 11) is 0. The average molecular weight is 331 g/mol. The number of aromatic nitrogens is 2. The predicted octanol–water partition coefficient (Wildman–Crippen LogP) is 2.42. The number of halogens is 1. The van der Waals surface area contributed by atoms with Crippen LogP contribution in [0.2, 0.25) is 0 Å². The lowest BCUT2D eigenvalue weighted by molar-refractivity contribution is 0.0248. The standard InChI is InChI=1S/C18H22FN3O2/c1-3-16-15(18(24)21-9-8-12(2)17(23)11-21)10-20-22(16)14-6-4-13(19)5-7-14/h4-7,10,12,17,23H,3,8-9,11H2,1-2H3. The summed E-state index contributed by atoms with van der Waals surface area (Å²) < 4.78 is 14.8. The molecule has 1 aromatic carbocycles. The van der Waals surface area contributed by atoms with Crippen LogP contribution in [0.1, 0.15) is 36.3 Å². The summed E-state index contributed by atoms with van der Waals surface area (Å²) in [4.78, 5) is 14.5. The molecule has 1 saturated heterocycles. The van der Waals surface area contributed by atoms with Crippen molar-refractivity contribution in [3.8, 4) is 5.69 Å². The highest BCUT2D eigenvalue weighted by molar-refractivity contribution is 5.95. The summed E-state index contributed by atoms with van der Waals surface area (Å²) in [6, 6.07) is 6.03. The summed E-state index contributed by atoms with van der Waals surface area (Å²) >= 11 is 0. The van der Waals surface area contributed by atoms with E-state index in [4.69, 9.17) is 0 Å². The lowest BCUT2D eigenvalue weighted by Crippen LogP contribution is -2.46. The fraction of sp³-hybridized carbons (Fsp3) is 0.444. The Kier molecular flexibility index (Phi) is 4.66. The van der Waals surface area contributed by atoms with Gasteiger partial charge < -0.3 is 10.0 Å². The van der Waals surface area contributed by atoms with E-state index in [2.05, 4.69) is 5.10 Å². The molecule has 0 radical (unpaired) electrons. The van der Waals surface area contributed by atoms with Crippen LogP contribution in [-0.4, -0.2) is 44.9 Å². The maximum atomic E-state index is 13.1. The molecule has 1 fully saturated rings. The number of carbonyl (C=O) groups is 1. The lowest BCUT2D eigenvalue weighted by Gasteiger charge is -2.34. The second kappa shape index (κ2) is 6.73. The molecule has 0 bridgehead atoms. The van der Waals surface area contributed by atoms with Crippen LogP contribution in [0.15, 0.2) is 30.5 Å². The van der Waals surface area contributed by atoms with Gasteiger partial charge in [-0.1, -0.05) is 13.8 Å². The monoisotopic (exact) mass is 331 g/mol. The second-order valence-electron chi connectivity index (χ2n) is 6.33. The van der Waals surface area contributed by atoms with Gasteiger partial charge in [0.25, 0.3) is 5.91 Å². The molecule has 1 amide bonds. The van der Waals surface area contributed by atoms with Crippen LogP contribution in [0.5, 0.6) is 0 Å². The summed E-state index contributed by atoms with van der Waals surface area (Å²) in [5, 5.41) is 14.4. The van der Waals surface area contributed by atoms with E-state index in [1.54, 1.807) is 27.9 Å². The van der Waals surface area contributed by atoms with Crippen LogP contribution >= 0.6 is 0 Å². The molecular formula is C18H22FN3O2. The molecule has 0 aliphatic carbocycles. The molecule has 128 valence electrons. The fourth-order valence-electron chi connectivity index (χ4n) is 3.10. The van der Waals surface area contributed by atoms with Crippen LogP contribution in [0, 0.1) is 11.7 Å². The molecule has 2 atom stereocenters. The Balaban J connectivity index is 1.89. The Hall–Kier alpha value is -2.21. The topological polar surface area (TPSA) is 58.4 Å². The van der Waals surface area contributed by atoms with Gasteiger partial charge in [-0.05, 0) is 43.0 Å². The fourth-order valence-corrected chi connectivity index (χ4v) is 3.10. The van der Waals surface area contributed by atoms with Crippen LogP contribution in [0.25, 0.3) is 5.69 Å². The third kappa shape index (κ3) is 3.06. The zero-order chi connectivity index (χ0) is 17.3. The summed E-state index contributed by atoms with van der Waals surface area (Å²) in [5.74, 6) is -0.204. The van der Waals surface area contributed by atoms with Gasteiger partial charge in [0.05, 0.1) is 29.2 Å². The molecule has 0 spiro atoms. The Morgan fingerprint density at radius 3 is 2.71 bits per heavy atom. The number of β-amino-alcohol motifs (C(OH)–C–C–N with tert-alkyl or cyclic N) is 1. The number of rotatable bonds is 3. The Labute approximate surface area is 140 Å². The number of amides is 1. The molecule has 2 heterocycles. The molecule has 0 saturated carbocycles. The molecular weight excluding hydrogens is 309 g/mol. The quantitative estimate of drug-likeness (QED) is 0.940. The highest BCUT2D eigenvalue weighted by Gasteiger charge is 2.30. The van der Waals surface area contributed by atoms with Crippen molar-refractivity contribution in [2.24, 2.45) is 5.92 Å². The number of benzene rings is 1. The van der Waals surface area contributed by atoms with Crippen LogP contribution in [0.4, 0.5) is 4.39 Å². The van der Waals surface area contributed by atoms with Gasteiger partial charge in [0, 0.05) is 13.1 Å². The minimum atomic E-state index is -0.486. The number of aliphatic hydroxyl groups excluding tert-OH is 1. The maximum Gasteiger partial charge on any atom is 0.257 e. The normalized spacial score (nSPS) is 21.1. The minimum Gasteiger partial charge on any atom is -0.391 e. The molecule has 6 heteroatoms. The van der Waals surface area contributed by atoms with E-state index in [0.717, 1.165) is 17.8 Å². The minimum absolute atomic E-state index is 0.105. The van der Waals surface area contributed by atoms with Gasteiger partial charge >= 0.3 is 0 Å². The van der Waals surface area contributed by atoms with Gasteiger partial charge in [0.1, 0.15) is 5.82 Å². The lowest BCUT2D eigenvalue weighted by atomic mass is 9.95. The van der Waals surface area contributed by atoms with E-state index < -0.39 is 6.10 Å². The first kappa shape index (κ1) is 16.6. The first-order valence-corrected chi connectivity index (χ1v) is 8.31. The third-order valence-corrected chi connectivity index (χ3v) is 4.71. The van der Waals surface area contributed by atoms with Crippen molar-refractivity contribution in [3.63, 3.8) is 0 Å². The van der Waals surface area contributed by atoms with Crippen molar-refractivity contribution in [1.29, 1.82) is 0 Å². The number of hydrogen-bond acceptors (Lipinski definition) is 3. The smallest absolute Gasteiger partial charge is 0.257 e. The highest BCUT2D eigenvalue weighted by Crippen LogP contribution is 2.22. The van der Waals surface area contributed by atoms with Gasteiger partial charge in [-0.2, -0.15) is 5.10 Å². The van der Waals surface area contributed by atoms with E-state index in [9.17, 15) is 14.3 Å². The molecule has 24 heavy (non-hydrogen) atoms. The number of piperidine rings is 1. The Bertz CT molecular complexity index is 726. The van der Waals surface area contributed by atoms with Gasteiger partial charge in [-0.15, -0.1) is 0 Å². The summed E-state index contributed by atoms with van der Waals surface area (Å²) in [5.41, 5.74) is 2.06. The van der Waals surface area contributed by atoms with E-state index in [0.29, 0.717) is 25.1 Å². The second-order valence-corrected chi connectivity index (χ2v) is 6.33. The summed E-state index contributed by atoms with van der Waals surface area (Å²) in [6.45, 7) is 4.95. The Morgan fingerprint density at radius 1 is 1.38 bits per heavy atom. The molecule has 1 aliphatic heterocycles. The van der Waals surface area contributed by atoms with Gasteiger partial charge in [0.2, 0.25) is 0 Å². The highest BCUT2D eigenvalue weighted by atomic mass is 19.1. The van der Waals surface area contributed by atoms with Crippen molar-refractivity contribution in [3.05, 3.63) is 47.5 Å². The maximum absolute atomic E-state index is 13.1. The van der Waals surface area contributed by atoms with Gasteiger partial charge in [0.15, 0.2) is 0 Å². The first-order valence-electron chi connectivity index (χ1n) is 8.31. The number of hydrogen-bond donors (Lipinski definition) is 1. The molecule has 2 aromatic rings. The number of likely N-dealkylation sites (tertiary alicyclic amines) is 1. The van der Waals surface area contributed by atoms with Gasteiger partial charge in [-0.25, -0.2) is 9.07 Å². The van der Waals surface area contributed by atoms with Crippen molar-refractivity contribution in [1.82, 2.24) is 14.7 Å². The zero-order valence-corrected chi connectivity index (χ0v) is 13.9. The van der Waals surface area contributed by atoms with Crippen LogP contribution < -0.4 is 0 Å². The number of carbonyl (C=O) groups excluding carboxylic acids is 1. The molecule has 3 rings (SSSR count). The van der Waals surface area contributed by atoms with Crippen molar-refractivity contribution in [2.45, 2.75) is 32.8 Å². The van der Waals surface area contributed by atoms with Crippen molar-refractivity contribution >= 4 is 5.91 Å².